The zero-order valence-electron chi connectivity index (χ0n) is 8.34. The molecule has 0 saturated heterocycles. The second-order valence-electron chi connectivity index (χ2n) is 3.38. The predicted octanol–water partition coefficient (Wildman–Crippen LogP) is 2.28. The number of aryl methyl sites for hydroxylation is 1. The van der Waals surface area contributed by atoms with Crippen LogP contribution in [0.15, 0.2) is 36.5 Å². The topological polar surface area (TPSA) is 42.2 Å². The third-order valence-electron chi connectivity index (χ3n) is 2.33. The van der Waals surface area contributed by atoms with Gasteiger partial charge in [-0.2, -0.15) is 0 Å². The molecule has 1 aromatic carbocycles. The van der Waals surface area contributed by atoms with E-state index in [1.165, 1.54) is 0 Å². The minimum absolute atomic E-state index is 0.919. The highest BCUT2D eigenvalue weighted by molar-refractivity contribution is 5.92. The Bertz CT molecular complexity index is 538. The summed E-state index contributed by atoms with van der Waals surface area (Å²) in [6.45, 7) is 0. The van der Waals surface area contributed by atoms with Gasteiger partial charge in [0.2, 0.25) is 0 Å². The molecule has 0 aliphatic rings. The van der Waals surface area contributed by atoms with Gasteiger partial charge >= 0.3 is 5.97 Å². The number of hydrogen-bond acceptors (Lipinski definition) is 1. The standard InChI is InChI=1S/C12H11NO2/c1-13-8-7-10-4-2-3-9(12(10)13)5-6-11(14)15/h2-8H,1H3,(H,14,15)/b6-5+. The SMILES string of the molecule is Cn1ccc2cccc(/C=C/C(=O)O)c21. The molecule has 0 radical (unpaired) electrons. The first-order valence-corrected chi connectivity index (χ1v) is 4.63. The van der Waals surface area contributed by atoms with Crippen LogP contribution in [-0.2, 0) is 11.8 Å². The van der Waals surface area contributed by atoms with Crippen LogP contribution >= 0.6 is 0 Å². The van der Waals surface area contributed by atoms with Gasteiger partial charge in [0.25, 0.3) is 0 Å². The van der Waals surface area contributed by atoms with E-state index >= 15 is 0 Å². The summed E-state index contributed by atoms with van der Waals surface area (Å²) >= 11 is 0. The van der Waals surface area contributed by atoms with E-state index in [4.69, 9.17) is 5.11 Å². The van der Waals surface area contributed by atoms with Crippen LogP contribution in [0.2, 0.25) is 0 Å². The van der Waals surface area contributed by atoms with Gasteiger partial charge in [0.1, 0.15) is 0 Å². The van der Waals surface area contributed by atoms with Crippen molar-refractivity contribution in [3.63, 3.8) is 0 Å². The van der Waals surface area contributed by atoms with Gasteiger partial charge in [0.15, 0.2) is 0 Å². The lowest BCUT2D eigenvalue weighted by molar-refractivity contribution is -0.131. The predicted molar refractivity (Wildman–Crippen MR) is 59.6 cm³/mol. The summed E-state index contributed by atoms with van der Waals surface area (Å²) in [5.74, 6) is -0.929. The minimum atomic E-state index is -0.929. The Balaban J connectivity index is 2.59. The molecule has 0 bridgehead atoms. The van der Waals surface area contributed by atoms with Gasteiger partial charge in [-0.05, 0) is 17.7 Å². The zero-order chi connectivity index (χ0) is 10.8. The molecule has 0 aliphatic carbocycles. The summed E-state index contributed by atoms with van der Waals surface area (Å²) in [5.41, 5.74) is 1.97. The maximum atomic E-state index is 10.4. The Labute approximate surface area is 87.3 Å². The maximum absolute atomic E-state index is 10.4. The summed E-state index contributed by atoms with van der Waals surface area (Å²) in [6, 6.07) is 7.84. The molecule has 3 heteroatoms. The molecule has 1 aromatic heterocycles. The number of benzene rings is 1. The third-order valence-corrected chi connectivity index (χ3v) is 2.33. The van der Waals surface area contributed by atoms with Crippen molar-refractivity contribution in [2.75, 3.05) is 0 Å². The average molecular weight is 201 g/mol. The molecule has 0 aliphatic heterocycles. The van der Waals surface area contributed by atoms with Crippen molar-refractivity contribution < 1.29 is 9.90 Å². The molecule has 0 fully saturated rings. The fourth-order valence-electron chi connectivity index (χ4n) is 1.68. The number of aromatic nitrogens is 1. The van der Waals surface area contributed by atoms with E-state index in [2.05, 4.69) is 0 Å². The van der Waals surface area contributed by atoms with Crippen molar-refractivity contribution >= 4 is 22.9 Å². The summed E-state index contributed by atoms with van der Waals surface area (Å²) in [6.07, 6.45) is 4.73. The van der Waals surface area contributed by atoms with E-state index in [9.17, 15) is 4.79 Å². The Morgan fingerprint density at radius 2 is 2.20 bits per heavy atom. The molecule has 1 N–H and O–H groups in total. The summed E-state index contributed by atoms with van der Waals surface area (Å²) in [7, 11) is 1.94. The number of fused-ring (bicyclic) bond motifs is 1. The molecule has 3 nitrogen and oxygen atoms in total. The number of para-hydroxylation sites is 1. The highest BCUT2D eigenvalue weighted by Crippen LogP contribution is 2.20. The number of nitrogens with zero attached hydrogens (tertiary/aromatic N) is 1. The van der Waals surface area contributed by atoms with Crippen LogP contribution in [0.4, 0.5) is 0 Å². The lowest BCUT2D eigenvalue weighted by Gasteiger charge is -2.00. The van der Waals surface area contributed by atoms with Crippen LogP contribution < -0.4 is 0 Å². The Hall–Kier alpha value is -2.03. The minimum Gasteiger partial charge on any atom is -0.478 e. The molecule has 15 heavy (non-hydrogen) atoms. The van der Waals surface area contributed by atoms with Crippen LogP contribution in [-0.4, -0.2) is 15.6 Å². The molecule has 2 rings (SSSR count). The summed E-state index contributed by atoms with van der Waals surface area (Å²) < 4.78 is 1.98. The molecule has 1 heterocycles. The van der Waals surface area contributed by atoms with E-state index in [-0.39, 0.29) is 0 Å². The van der Waals surface area contributed by atoms with Crippen LogP contribution in [0.3, 0.4) is 0 Å². The second kappa shape index (κ2) is 3.61. The van der Waals surface area contributed by atoms with Gasteiger partial charge in [0.05, 0.1) is 5.52 Å². The van der Waals surface area contributed by atoms with Crippen molar-refractivity contribution in [1.29, 1.82) is 0 Å². The fourth-order valence-corrected chi connectivity index (χ4v) is 1.68. The smallest absolute Gasteiger partial charge is 0.328 e. The van der Waals surface area contributed by atoms with Crippen molar-refractivity contribution in [3.05, 3.63) is 42.1 Å². The summed E-state index contributed by atoms with van der Waals surface area (Å²) in [5, 5.41) is 9.69. The van der Waals surface area contributed by atoms with Crippen molar-refractivity contribution in [3.8, 4) is 0 Å². The van der Waals surface area contributed by atoms with E-state index < -0.39 is 5.97 Å². The first-order valence-electron chi connectivity index (χ1n) is 4.63. The third kappa shape index (κ3) is 1.76. The van der Waals surface area contributed by atoms with Crippen molar-refractivity contribution in [2.45, 2.75) is 0 Å². The first-order chi connectivity index (χ1) is 7.18. The number of aliphatic carboxylic acids is 1. The summed E-state index contributed by atoms with van der Waals surface area (Å²) in [4.78, 5) is 10.4. The maximum Gasteiger partial charge on any atom is 0.328 e. The van der Waals surface area contributed by atoms with Crippen LogP contribution in [0.25, 0.3) is 17.0 Å². The molecule has 0 saturated carbocycles. The van der Waals surface area contributed by atoms with Crippen LogP contribution in [0.5, 0.6) is 0 Å². The average Bonchev–Trinajstić information content (AvgIpc) is 2.58. The molecule has 0 amide bonds. The van der Waals surface area contributed by atoms with Gasteiger partial charge in [-0.3, -0.25) is 0 Å². The first kappa shape index (κ1) is 9.52. The Morgan fingerprint density at radius 1 is 1.40 bits per heavy atom. The molecule has 76 valence electrons. The van der Waals surface area contributed by atoms with Gasteiger partial charge in [-0.15, -0.1) is 0 Å². The number of carboxylic acid groups (broad SMARTS) is 1. The van der Waals surface area contributed by atoms with Gasteiger partial charge in [-0.25, -0.2) is 4.79 Å². The van der Waals surface area contributed by atoms with E-state index in [0.29, 0.717) is 0 Å². The Kier molecular flexibility index (Phi) is 2.29. The van der Waals surface area contributed by atoms with Gasteiger partial charge < -0.3 is 9.67 Å². The normalized spacial score (nSPS) is 11.3. The Morgan fingerprint density at radius 3 is 2.93 bits per heavy atom. The highest BCUT2D eigenvalue weighted by Gasteiger charge is 2.01. The lowest BCUT2D eigenvalue weighted by Crippen LogP contribution is -1.89. The van der Waals surface area contributed by atoms with Crippen LogP contribution in [0.1, 0.15) is 5.56 Å². The van der Waals surface area contributed by atoms with Gasteiger partial charge in [0, 0.05) is 24.7 Å². The van der Waals surface area contributed by atoms with Crippen molar-refractivity contribution in [2.24, 2.45) is 7.05 Å². The van der Waals surface area contributed by atoms with E-state index in [1.807, 2.05) is 42.1 Å². The lowest BCUT2D eigenvalue weighted by atomic mass is 10.1. The molecular formula is C12H11NO2. The number of carbonyl (C=O) groups is 1. The van der Waals surface area contributed by atoms with E-state index in [0.717, 1.165) is 22.5 Å². The highest BCUT2D eigenvalue weighted by atomic mass is 16.4. The largest absolute Gasteiger partial charge is 0.478 e. The monoisotopic (exact) mass is 201 g/mol. The number of carboxylic acids is 1. The molecule has 0 unspecified atom stereocenters. The molecular weight excluding hydrogens is 190 g/mol. The zero-order valence-corrected chi connectivity index (χ0v) is 8.34. The van der Waals surface area contributed by atoms with E-state index in [1.54, 1.807) is 6.08 Å². The second-order valence-corrected chi connectivity index (χ2v) is 3.38. The molecule has 0 atom stereocenters. The fraction of sp³-hybridized carbons (Fsp3) is 0.0833. The number of rotatable bonds is 2. The molecule has 0 spiro atoms. The van der Waals surface area contributed by atoms with Crippen LogP contribution in [0, 0.1) is 0 Å². The number of hydrogen-bond donors (Lipinski definition) is 1. The quantitative estimate of drug-likeness (QED) is 0.757. The van der Waals surface area contributed by atoms with Crippen molar-refractivity contribution in [1.82, 2.24) is 4.57 Å². The van der Waals surface area contributed by atoms with Gasteiger partial charge in [-0.1, -0.05) is 18.2 Å². The molecule has 2 aromatic rings.